The number of hydrogen-bond acceptors (Lipinski definition) is 4. The minimum absolute atomic E-state index is 0.124. The van der Waals surface area contributed by atoms with Gasteiger partial charge in [-0.25, -0.2) is 8.42 Å². The molecule has 1 rings (SSSR count). The smallest absolute Gasteiger partial charge is 0.252 e. The lowest BCUT2D eigenvalue weighted by Gasteiger charge is -2.15. The molecule has 0 radical (unpaired) electrons. The van der Waals surface area contributed by atoms with E-state index in [1.807, 2.05) is 0 Å². The molecular formula is C9H13ClN2O3S2. The van der Waals surface area contributed by atoms with Crippen LogP contribution in [0.15, 0.2) is 21.7 Å². The minimum atomic E-state index is -3.43. The van der Waals surface area contributed by atoms with Crippen molar-refractivity contribution in [3.8, 4) is 0 Å². The van der Waals surface area contributed by atoms with E-state index in [0.717, 1.165) is 11.3 Å². The van der Waals surface area contributed by atoms with E-state index in [1.165, 1.54) is 11.4 Å². The molecule has 0 spiro atoms. The highest BCUT2D eigenvalue weighted by Gasteiger charge is 2.21. The first kappa shape index (κ1) is 14.4. The first-order valence-corrected chi connectivity index (χ1v) is 7.66. The summed E-state index contributed by atoms with van der Waals surface area (Å²) >= 11 is 6.46. The topological polar surface area (TPSA) is 66.5 Å². The molecule has 5 nitrogen and oxygen atoms in total. The van der Waals surface area contributed by atoms with Crippen LogP contribution in [0.1, 0.15) is 0 Å². The second-order valence-electron chi connectivity index (χ2n) is 3.24. The van der Waals surface area contributed by atoms with Crippen LogP contribution < -0.4 is 5.32 Å². The maximum atomic E-state index is 11.9. The summed E-state index contributed by atoms with van der Waals surface area (Å²) in [6.45, 7) is 0.454. The Labute approximate surface area is 109 Å². The average molecular weight is 297 g/mol. The Morgan fingerprint density at radius 1 is 1.59 bits per heavy atom. The van der Waals surface area contributed by atoms with Gasteiger partial charge in [-0.1, -0.05) is 6.07 Å². The highest BCUT2D eigenvalue weighted by atomic mass is 35.5. The molecule has 0 aromatic carbocycles. The number of carbonyl (C=O) groups excluding carboxylic acids is 1. The maximum absolute atomic E-state index is 11.9. The zero-order valence-electron chi connectivity index (χ0n) is 9.22. The number of sulfonamides is 1. The number of hydrogen-bond donors (Lipinski definition) is 1. The van der Waals surface area contributed by atoms with Gasteiger partial charge in [-0.3, -0.25) is 4.79 Å². The first-order valence-electron chi connectivity index (χ1n) is 4.81. The Balaban J connectivity index is 2.53. The van der Waals surface area contributed by atoms with Crippen LogP contribution in [0.25, 0.3) is 0 Å². The fourth-order valence-electron chi connectivity index (χ4n) is 1.08. The average Bonchev–Trinajstić information content (AvgIpc) is 2.82. The van der Waals surface area contributed by atoms with Crippen LogP contribution in [0.2, 0.25) is 0 Å². The highest BCUT2D eigenvalue weighted by molar-refractivity contribution is 7.91. The normalized spacial score (nSPS) is 11.7. The summed E-state index contributed by atoms with van der Waals surface area (Å²) in [6, 6.07) is 3.23. The second kappa shape index (κ2) is 6.34. The third-order valence-corrected chi connectivity index (χ3v) is 5.50. The fourth-order valence-corrected chi connectivity index (χ4v) is 3.55. The van der Waals surface area contributed by atoms with Crippen molar-refractivity contribution in [2.24, 2.45) is 0 Å². The Morgan fingerprint density at radius 3 is 2.82 bits per heavy atom. The molecule has 96 valence electrons. The number of thiophene rings is 1. The van der Waals surface area contributed by atoms with E-state index in [0.29, 0.717) is 4.21 Å². The molecule has 0 unspecified atom stereocenters. The Hall–Kier alpha value is -0.630. The Bertz CT molecular complexity index is 459. The monoisotopic (exact) mass is 296 g/mol. The van der Waals surface area contributed by atoms with E-state index in [1.54, 1.807) is 17.5 Å². The predicted molar refractivity (Wildman–Crippen MR) is 67.9 cm³/mol. The highest BCUT2D eigenvalue weighted by Crippen LogP contribution is 2.19. The number of likely N-dealkylation sites (N-methyl/N-ethyl adjacent to an activating group) is 1. The molecule has 1 aromatic rings. The summed E-state index contributed by atoms with van der Waals surface area (Å²) in [4.78, 5) is 10.9. The van der Waals surface area contributed by atoms with E-state index >= 15 is 0 Å². The number of rotatable bonds is 6. The standard InChI is InChI=1S/C9H13ClN2O3S2/c1-12(5-4-11-8(13)7-10)17(14,15)9-3-2-6-16-9/h2-3,6H,4-5,7H2,1H3,(H,11,13). The lowest BCUT2D eigenvalue weighted by Crippen LogP contribution is -2.36. The van der Waals surface area contributed by atoms with Gasteiger partial charge in [-0.05, 0) is 11.4 Å². The van der Waals surface area contributed by atoms with Gasteiger partial charge in [0.2, 0.25) is 5.91 Å². The van der Waals surface area contributed by atoms with Gasteiger partial charge >= 0.3 is 0 Å². The van der Waals surface area contributed by atoms with E-state index in [4.69, 9.17) is 11.6 Å². The molecule has 1 amide bonds. The number of nitrogens with one attached hydrogen (secondary N) is 1. The predicted octanol–water partition coefficient (Wildman–Crippen LogP) is 0.724. The molecule has 0 aliphatic heterocycles. The van der Waals surface area contributed by atoms with Crippen molar-refractivity contribution in [2.45, 2.75) is 4.21 Å². The summed E-state index contributed by atoms with van der Waals surface area (Å²) < 4.78 is 25.4. The summed E-state index contributed by atoms with van der Waals surface area (Å²) in [6.07, 6.45) is 0. The van der Waals surface area contributed by atoms with Crippen LogP contribution in [-0.2, 0) is 14.8 Å². The lowest BCUT2D eigenvalue weighted by molar-refractivity contribution is -0.118. The van der Waals surface area contributed by atoms with Gasteiger partial charge in [0.25, 0.3) is 10.0 Å². The molecule has 1 N–H and O–H groups in total. The summed E-state index contributed by atoms with van der Waals surface area (Å²) in [5.74, 6) is -0.435. The van der Waals surface area contributed by atoms with Crippen LogP contribution in [0.4, 0.5) is 0 Å². The molecule has 0 aliphatic carbocycles. The summed E-state index contributed by atoms with van der Waals surface area (Å²) in [5.41, 5.74) is 0. The number of carbonyl (C=O) groups is 1. The number of alkyl halides is 1. The molecule has 1 aromatic heterocycles. The van der Waals surface area contributed by atoms with Gasteiger partial charge in [0.15, 0.2) is 0 Å². The van der Waals surface area contributed by atoms with Crippen molar-refractivity contribution in [1.82, 2.24) is 9.62 Å². The van der Waals surface area contributed by atoms with Crippen molar-refractivity contribution in [1.29, 1.82) is 0 Å². The van der Waals surface area contributed by atoms with Crippen molar-refractivity contribution < 1.29 is 13.2 Å². The van der Waals surface area contributed by atoms with Gasteiger partial charge in [0, 0.05) is 20.1 Å². The second-order valence-corrected chi connectivity index (χ2v) is 6.73. The Morgan fingerprint density at radius 2 is 2.29 bits per heavy atom. The molecule has 0 fully saturated rings. The molecule has 0 atom stereocenters. The number of nitrogens with zero attached hydrogens (tertiary/aromatic N) is 1. The molecule has 17 heavy (non-hydrogen) atoms. The van der Waals surface area contributed by atoms with Crippen molar-refractivity contribution in [3.63, 3.8) is 0 Å². The van der Waals surface area contributed by atoms with Gasteiger partial charge in [-0.15, -0.1) is 22.9 Å². The molecule has 0 saturated heterocycles. The molecule has 8 heteroatoms. The SMILES string of the molecule is CN(CCNC(=O)CCl)S(=O)(=O)c1cccs1. The van der Waals surface area contributed by atoms with Crippen LogP contribution in [-0.4, -0.2) is 44.6 Å². The zero-order chi connectivity index (χ0) is 12.9. The van der Waals surface area contributed by atoms with Crippen LogP contribution in [0, 0.1) is 0 Å². The van der Waals surface area contributed by atoms with Gasteiger partial charge in [-0.2, -0.15) is 4.31 Å². The molecule has 0 aliphatic rings. The molecule has 1 heterocycles. The molecular weight excluding hydrogens is 284 g/mol. The number of halogens is 1. The van der Waals surface area contributed by atoms with Crippen molar-refractivity contribution >= 4 is 38.9 Å². The third kappa shape index (κ3) is 3.95. The maximum Gasteiger partial charge on any atom is 0.252 e. The number of amides is 1. The van der Waals surface area contributed by atoms with Crippen LogP contribution in [0.3, 0.4) is 0 Å². The molecule has 0 saturated carbocycles. The van der Waals surface area contributed by atoms with Gasteiger partial charge in [0.1, 0.15) is 10.1 Å². The summed E-state index contributed by atoms with van der Waals surface area (Å²) in [7, 11) is -1.96. The van der Waals surface area contributed by atoms with Gasteiger partial charge in [0.05, 0.1) is 0 Å². The summed E-state index contributed by atoms with van der Waals surface area (Å²) in [5, 5.41) is 4.21. The van der Waals surface area contributed by atoms with E-state index in [9.17, 15) is 13.2 Å². The quantitative estimate of drug-likeness (QED) is 0.787. The minimum Gasteiger partial charge on any atom is -0.354 e. The Kier molecular flexibility index (Phi) is 5.38. The van der Waals surface area contributed by atoms with Crippen LogP contribution in [0.5, 0.6) is 0 Å². The van der Waals surface area contributed by atoms with Crippen LogP contribution >= 0.6 is 22.9 Å². The first-order chi connectivity index (χ1) is 7.98. The zero-order valence-corrected chi connectivity index (χ0v) is 11.6. The molecule has 0 bridgehead atoms. The third-order valence-electron chi connectivity index (χ3n) is 2.03. The lowest BCUT2D eigenvalue weighted by atomic mass is 10.6. The van der Waals surface area contributed by atoms with Crippen molar-refractivity contribution in [3.05, 3.63) is 17.5 Å². The largest absolute Gasteiger partial charge is 0.354 e. The van der Waals surface area contributed by atoms with E-state index < -0.39 is 10.0 Å². The van der Waals surface area contributed by atoms with E-state index in [-0.39, 0.29) is 24.9 Å². The fraction of sp³-hybridized carbons (Fsp3) is 0.444. The van der Waals surface area contributed by atoms with Crippen molar-refractivity contribution in [2.75, 3.05) is 26.0 Å². The van der Waals surface area contributed by atoms with Gasteiger partial charge < -0.3 is 5.32 Å². The van der Waals surface area contributed by atoms with E-state index in [2.05, 4.69) is 5.32 Å².